The van der Waals surface area contributed by atoms with E-state index in [-0.39, 0.29) is 11.7 Å². The van der Waals surface area contributed by atoms with Crippen molar-refractivity contribution >= 4 is 0 Å². The van der Waals surface area contributed by atoms with E-state index in [4.69, 9.17) is 4.74 Å². The minimum Gasteiger partial charge on any atom is -0.475 e. The number of nitrogens with zero attached hydrogens (tertiary/aromatic N) is 1. The number of hydrogen-bond acceptors (Lipinski definition) is 3. The van der Waals surface area contributed by atoms with Crippen molar-refractivity contribution in [1.29, 1.82) is 0 Å². The Hall–Kier alpha value is -1.16. The molecular weight excluding hydrogens is 219 g/mol. The average molecular weight is 240 g/mol. The van der Waals surface area contributed by atoms with Crippen molar-refractivity contribution in [2.75, 3.05) is 13.2 Å². The van der Waals surface area contributed by atoms with Gasteiger partial charge in [-0.1, -0.05) is 20.8 Å². The lowest BCUT2D eigenvalue weighted by molar-refractivity contribution is 0.248. The predicted octanol–water partition coefficient (Wildman–Crippen LogP) is 2.76. The summed E-state index contributed by atoms with van der Waals surface area (Å²) in [6, 6.07) is 1.68. The summed E-state index contributed by atoms with van der Waals surface area (Å²) in [5, 5.41) is 3.16. The maximum Gasteiger partial charge on any atom is 0.250 e. The van der Waals surface area contributed by atoms with Crippen molar-refractivity contribution in [3.05, 3.63) is 23.6 Å². The van der Waals surface area contributed by atoms with Gasteiger partial charge in [-0.2, -0.15) is 0 Å². The van der Waals surface area contributed by atoms with Gasteiger partial charge in [0.1, 0.15) is 0 Å². The normalized spacial score (nSPS) is 10.9. The highest BCUT2D eigenvalue weighted by Gasteiger charge is 2.10. The van der Waals surface area contributed by atoms with Crippen molar-refractivity contribution in [1.82, 2.24) is 10.3 Å². The Morgan fingerprint density at radius 3 is 2.88 bits per heavy atom. The molecule has 0 bridgehead atoms. The Balaban J connectivity index is 2.63. The molecule has 0 saturated carbocycles. The summed E-state index contributed by atoms with van der Waals surface area (Å²) in [7, 11) is 0. The minimum atomic E-state index is -0.350. The van der Waals surface area contributed by atoms with E-state index in [2.05, 4.69) is 17.2 Å². The topological polar surface area (TPSA) is 34.2 Å². The maximum atomic E-state index is 13.9. The van der Waals surface area contributed by atoms with Crippen LogP contribution in [0.1, 0.15) is 32.8 Å². The van der Waals surface area contributed by atoms with Gasteiger partial charge in [0.2, 0.25) is 0 Å². The molecule has 0 spiro atoms. The SMILES string of the molecule is CCCNCc1ccnc(OCC(C)C)c1F. The van der Waals surface area contributed by atoms with Crippen LogP contribution < -0.4 is 10.1 Å². The van der Waals surface area contributed by atoms with E-state index >= 15 is 0 Å². The third-order valence-corrected chi connectivity index (χ3v) is 2.23. The highest BCUT2D eigenvalue weighted by atomic mass is 19.1. The predicted molar refractivity (Wildman–Crippen MR) is 66.5 cm³/mol. The van der Waals surface area contributed by atoms with Crippen LogP contribution >= 0.6 is 0 Å². The van der Waals surface area contributed by atoms with E-state index in [1.807, 2.05) is 13.8 Å². The van der Waals surface area contributed by atoms with Crippen LogP contribution in [0.2, 0.25) is 0 Å². The molecular formula is C13H21FN2O. The van der Waals surface area contributed by atoms with Gasteiger partial charge in [0, 0.05) is 18.3 Å². The molecule has 0 fully saturated rings. The number of halogens is 1. The summed E-state index contributed by atoms with van der Waals surface area (Å²) < 4.78 is 19.3. The lowest BCUT2D eigenvalue weighted by Gasteiger charge is -2.11. The van der Waals surface area contributed by atoms with Crippen molar-refractivity contribution in [3.8, 4) is 5.88 Å². The third kappa shape index (κ3) is 4.69. The Morgan fingerprint density at radius 1 is 1.47 bits per heavy atom. The number of aromatic nitrogens is 1. The monoisotopic (exact) mass is 240 g/mol. The molecule has 0 radical (unpaired) electrons. The zero-order valence-corrected chi connectivity index (χ0v) is 10.8. The number of hydrogen-bond donors (Lipinski definition) is 1. The first-order valence-corrected chi connectivity index (χ1v) is 6.12. The molecule has 17 heavy (non-hydrogen) atoms. The van der Waals surface area contributed by atoms with Crippen LogP contribution in [-0.4, -0.2) is 18.1 Å². The van der Waals surface area contributed by atoms with Gasteiger partial charge in [0.05, 0.1) is 6.61 Å². The van der Waals surface area contributed by atoms with Crippen molar-refractivity contribution in [2.45, 2.75) is 33.7 Å². The fraction of sp³-hybridized carbons (Fsp3) is 0.615. The molecule has 0 atom stereocenters. The van der Waals surface area contributed by atoms with Crippen molar-refractivity contribution in [2.24, 2.45) is 5.92 Å². The largest absolute Gasteiger partial charge is 0.475 e. The first kappa shape index (κ1) is 13.9. The van der Waals surface area contributed by atoms with E-state index in [1.54, 1.807) is 12.3 Å². The summed E-state index contributed by atoms with van der Waals surface area (Å²) in [6.07, 6.45) is 2.62. The van der Waals surface area contributed by atoms with Gasteiger partial charge < -0.3 is 10.1 Å². The number of nitrogens with one attached hydrogen (secondary N) is 1. The first-order chi connectivity index (χ1) is 8.15. The average Bonchev–Trinajstić information content (AvgIpc) is 2.30. The van der Waals surface area contributed by atoms with Gasteiger partial charge in [0.25, 0.3) is 5.88 Å². The fourth-order valence-corrected chi connectivity index (χ4v) is 1.34. The Morgan fingerprint density at radius 2 is 2.24 bits per heavy atom. The van der Waals surface area contributed by atoms with Gasteiger partial charge in [-0.15, -0.1) is 0 Å². The standard InChI is InChI=1S/C13H21FN2O/c1-4-6-15-8-11-5-7-16-13(12(11)14)17-9-10(2)3/h5,7,10,15H,4,6,8-9H2,1-3H3. The Labute approximate surface area is 102 Å². The second-order valence-electron chi connectivity index (χ2n) is 4.47. The molecule has 1 N–H and O–H groups in total. The molecule has 0 aliphatic heterocycles. The molecule has 0 amide bonds. The Kier molecular flexibility index (Phi) is 5.91. The van der Waals surface area contributed by atoms with Crippen LogP contribution in [0.5, 0.6) is 5.88 Å². The number of ether oxygens (including phenoxy) is 1. The maximum absolute atomic E-state index is 13.9. The van der Waals surface area contributed by atoms with E-state index < -0.39 is 0 Å². The molecule has 0 aromatic carbocycles. The van der Waals surface area contributed by atoms with Crippen LogP contribution in [0, 0.1) is 11.7 Å². The zero-order chi connectivity index (χ0) is 12.7. The van der Waals surface area contributed by atoms with Gasteiger partial charge in [-0.3, -0.25) is 0 Å². The zero-order valence-electron chi connectivity index (χ0n) is 10.8. The molecule has 3 nitrogen and oxygen atoms in total. The highest BCUT2D eigenvalue weighted by Crippen LogP contribution is 2.17. The smallest absolute Gasteiger partial charge is 0.250 e. The van der Waals surface area contributed by atoms with E-state index in [1.165, 1.54) is 0 Å². The molecule has 4 heteroatoms. The molecule has 1 aromatic rings. The van der Waals surface area contributed by atoms with E-state index in [0.29, 0.717) is 24.6 Å². The highest BCUT2D eigenvalue weighted by molar-refractivity contribution is 5.23. The lowest BCUT2D eigenvalue weighted by Crippen LogP contribution is -2.16. The molecule has 0 unspecified atom stereocenters. The molecule has 0 aliphatic rings. The van der Waals surface area contributed by atoms with Crippen LogP contribution in [0.15, 0.2) is 12.3 Å². The van der Waals surface area contributed by atoms with Crippen molar-refractivity contribution in [3.63, 3.8) is 0 Å². The number of pyridine rings is 1. The summed E-state index contributed by atoms with van der Waals surface area (Å²) in [5.74, 6) is 0.115. The summed E-state index contributed by atoms with van der Waals surface area (Å²) in [4.78, 5) is 3.91. The molecule has 0 aliphatic carbocycles. The summed E-state index contributed by atoms with van der Waals surface area (Å²) in [5.41, 5.74) is 0.604. The van der Waals surface area contributed by atoms with Crippen LogP contribution in [0.25, 0.3) is 0 Å². The lowest BCUT2D eigenvalue weighted by atomic mass is 10.2. The molecule has 96 valence electrons. The fourth-order valence-electron chi connectivity index (χ4n) is 1.34. The second kappa shape index (κ2) is 7.22. The summed E-state index contributed by atoms with van der Waals surface area (Å²) >= 11 is 0. The molecule has 1 aromatic heterocycles. The van der Waals surface area contributed by atoms with Crippen molar-refractivity contribution < 1.29 is 9.13 Å². The molecule has 1 rings (SSSR count). The third-order valence-electron chi connectivity index (χ3n) is 2.23. The molecule has 1 heterocycles. The van der Waals surface area contributed by atoms with E-state index in [0.717, 1.165) is 13.0 Å². The van der Waals surface area contributed by atoms with Gasteiger partial charge in [-0.25, -0.2) is 9.37 Å². The summed E-state index contributed by atoms with van der Waals surface area (Å²) in [6.45, 7) is 7.99. The van der Waals surface area contributed by atoms with E-state index in [9.17, 15) is 4.39 Å². The first-order valence-electron chi connectivity index (χ1n) is 6.12. The van der Waals surface area contributed by atoms with Crippen LogP contribution in [-0.2, 0) is 6.54 Å². The van der Waals surface area contributed by atoms with Gasteiger partial charge in [-0.05, 0) is 24.9 Å². The quantitative estimate of drug-likeness (QED) is 0.744. The molecule has 0 saturated heterocycles. The van der Waals surface area contributed by atoms with Gasteiger partial charge in [0.15, 0.2) is 5.82 Å². The number of rotatable bonds is 7. The Bertz CT molecular complexity index is 342. The minimum absolute atomic E-state index is 0.106. The van der Waals surface area contributed by atoms with Gasteiger partial charge >= 0.3 is 0 Å². The van der Waals surface area contributed by atoms with Crippen LogP contribution in [0.3, 0.4) is 0 Å². The second-order valence-corrected chi connectivity index (χ2v) is 4.47. The van der Waals surface area contributed by atoms with Crippen LogP contribution in [0.4, 0.5) is 4.39 Å².